The van der Waals surface area contributed by atoms with Crippen LogP contribution in [0.2, 0.25) is 5.02 Å². The predicted molar refractivity (Wildman–Crippen MR) is 90.9 cm³/mol. The molecule has 4 nitrogen and oxygen atoms in total. The van der Waals surface area contributed by atoms with Crippen molar-refractivity contribution in [1.29, 1.82) is 0 Å². The maximum atomic E-state index is 6.44. The molecule has 0 aliphatic carbocycles. The predicted octanol–water partition coefficient (Wildman–Crippen LogP) is 3.83. The third-order valence-corrected chi connectivity index (χ3v) is 4.82. The summed E-state index contributed by atoms with van der Waals surface area (Å²) in [6.45, 7) is 6.32. The van der Waals surface area contributed by atoms with Crippen LogP contribution in [0.25, 0.3) is 5.57 Å². The molecule has 1 saturated heterocycles. The van der Waals surface area contributed by atoms with Gasteiger partial charge in [-0.05, 0) is 37.5 Å². The summed E-state index contributed by atoms with van der Waals surface area (Å²) in [6, 6.07) is 2.00. The molecule has 3 heterocycles. The van der Waals surface area contributed by atoms with Crippen molar-refractivity contribution in [3.05, 3.63) is 34.6 Å². The van der Waals surface area contributed by atoms with Gasteiger partial charge < -0.3 is 9.47 Å². The number of hydrogen-bond acceptors (Lipinski definition) is 4. The second kappa shape index (κ2) is 6.57. The highest BCUT2D eigenvalue weighted by Crippen LogP contribution is 2.29. The van der Waals surface area contributed by atoms with Crippen LogP contribution in [-0.4, -0.2) is 40.5 Å². The molecule has 0 spiro atoms. The molecule has 0 N–H and O–H groups in total. The normalized spacial score (nSPS) is 25.3. The van der Waals surface area contributed by atoms with Gasteiger partial charge in [0.25, 0.3) is 0 Å². The molecule has 2 aliphatic rings. The fraction of sp³-hybridized carbons (Fsp3) is 0.562. The number of nitrogens with zero attached hydrogens (tertiary/aromatic N) is 2. The van der Waals surface area contributed by atoms with Crippen LogP contribution in [0.1, 0.15) is 31.5 Å². The molecule has 1 aromatic rings. The first-order chi connectivity index (χ1) is 10.4. The molecule has 2 aliphatic heterocycles. The molecule has 1 fully saturated rings. The van der Waals surface area contributed by atoms with Gasteiger partial charge in [-0.1, -0.05) is 17.7 Å². The summed E-state index contributed by atoms with van der Waals surface area (Å²) in [5.74, 6) is -0.490. The molecular formula is C16H20BrClN2O2. The lowest BCUT2D eigenvalue weighted by molar-refractivity contribution is -0.138. The van der Waals surface area contributed by atoms with Crippen LogP contribution in [0.5, 0.6) is 0 Å². The van der Waals surface area contributed by atoms with E-state index in [-0.39, 0.29) is 6.10 Å². The zero-order chi connectivity index (χ0) is 15.7. The summed E-state index contributed by atoms with van der Waals surface area (Å²) in [4.78, 5) is 4.57. The van der Waals surface area contributed by atoms with Gasteiger partial charge in [0.1, 0.15) is 0 Å². The molecule has 1 aromatic heterocycles. The SMILES string of the molecule is CC1(C)OCC(Cc2cnc(C3=CCN(Br)CC3)c(Cl)c2)O1. The number of rotatable bonds is 3. The highest BCUT2D eigenvalue weighted by Gasteiger charge is 2.32. The van der Waals surface area contributed by atoms with E-state index in [1.165, 1.54) is 5.57 Å². The van der Waals surface area contributed by atoms with E-state index in [1.807, 2.05) is 26.1 Å². The summed E-state index contributed by atoms with van der Waals surface area (Å²) >= 11 is 9.93. The Kier molecular flexibility index (Phi) is 4.90. The van der Waals surface area contributed by atoms with Gasteiger partial charge in [-0.2, -0.15) is 0 Å². The highest BCUT2D eigenvalue weighted by atomic mass is 79.9. The minimum absolute atomic E-state index is 0.0644. The van der Waals surface area contributed by atoms with E-state index < -0.39 is 5.79 Å². The quantitative estimate of drug-likeness (QED) is 0.738. The number of hydrogen-bond donors (Lipinski definition) is 0. The molecule has 0 aromatic carbocycles. The van der Waals surface area contributed by atoms with Crippen LogP contribution in [0.3, 0.4) is 0 Å². The Balaban J connectivity index is 1.70. The molecule has 0 radical (unpaired) electrons. The van der Waals surface area contributed by atoms with Gasteiger partial charge in [0.05, 0.1) is 23.4 Å². The summed E-state index contributed by atoms with van der Waals surface area (Å²) in [5.41, 5.74) is 3.20. The molecule has 120 valence electrons. The maximum absolute atomic E-state index is 6.44. The first-order valence-corrected chi connectivity index (χ1v) is 8.58. The number of pyridine rings is 1. The first-order valence-electron chi connectivity index (χ1n) is 7.49. The number of aromatic nitrogens is 1. The molecule has 0 saturated carbocycles. The van der Waals surface area contributed by atoms with Crippen molar-refractivity contribution in [2.45, 2.75) is 38.6 Å². The molecular weight excluding hydrogens is 368 g/mol. The third-order valence-electron chi connectivity index (χ3n) is 3.89. The molecule has 1 atom stereocenters. The van der Waals surface area contributed by atoms with E-state index in [0.29, 0.717) is 11.6 Å². The largest absolute Gasteiger partial charge is 0.348 e. The second-order valence-corrected chi connectivity index (χ2v) is 7.59. The summed E-state index contributed by atoms with van der Waals surface area (Å²) in [5, 5.41) is 0.713. The van der Waals surface area contributed by atoms with Crippen molar-refractivity contribution < 1.29 is 9.47 Å². The van der Waals surface area contributed by atoms with Crippen LogP contribution in [-0.2, 0) is 15.9 Å². The van der Waals surface area contributed by atoms with E-state index >= 15 is 0 Å². The third kappa shape index (κ3) is 3.89. The Morgan fingerprint density at radius 1 is 1.50 bits per heavy atom. The zero-order valence-electron chi connectivity index (χ0n) is 12.8. The van der Waals surface area contributed by atoms with Gasteiger partial charge in [0, 0.05) is 41.9 Å². The fourth-order valence-electron chi connectivity index (χ4n) is 2.81. The van der Waals surface area contributed by atoms with Gasteiger partial charge in [-0.25, -0.2) is 3.93 Å². The zero-order valence-corrected chi connectivity index (χ0v) is 15.2. The van der Waals surface area contributed by atoms with Crippen LogP contribution >= 0.6 is 27.7 Å². The van der Waals surface area contributed by atoms with Crippen molar-refractivity contribution >= 4 is 33.3 Å². The second-order valence-electron chi connectivity index (χ2n) is 6.18. The highest BCUT2D eigenvalue weighted by molar-refractivity contribution is 9.07. The maximum Gasteiger partial charge on any atom is 0.163 e. The van der Waals surface area contributed by atoms with Crippen molar-refractivity contribution in [2.75, 3.05) is 19.7 Å². The summed E-state index contributed by atoms with van der Waals surface area (Å²) < 4.78 is 13.5. The van der Waals surface area contributed by atoms with Crippen molar-refractivity contribution in [2.24, 2.45) is 0 Å². The van der Waals surface area contributed by atoms with Gasteiger partial charge in [0.15, 0.2) is 5.79 Å². The average molecular weight is 388 g/mol. The Morgan fingerprint density at radius 3 is 2.91 bits per heavy atom. The van der Waals surface area contributed by atoms with E-state index in [0.717, 1.165) is 37.2 Å². The van der Waals surface area contributed by atoms with E-state index in [9.17, 15) is 0 Å². The molecule has 22 heavy (non-hydrogen) atoms. The molecule has 6 heteroatoms. The Morgan fingerprint density at radius 2 is 2.32 bits per heavy atom. The number of ether oxygens (including phenoxy) is 2. The van der Waals surface area contributed by atoms with Gasteiger partial charge >= 0.3 is 0 Å². The van der Waals surface area contributed by atoms with E-state index in [2.05, 4.69) is 31.1 Å². The smallest absolute Gasteiger partial charge is 0.163 e. The lowest BCUT2D eigenvalue weighted by atomic mass is 10.0. The Bertz CT molecular complexity index is 592. The molecule has 1 unspecified atom stereocenters. The standard InChI is InChI=1S/C16H20BrClN2O2/c1-16(2)21-10-13(22-16)7-11-8-14(18)15(19-9-11)12-3-5-20(17)6-4-12/h3,8-9,13H,4-7,10H2,1-2H3. The topological polar surface area (TPSA) is 34.6 Å². The molecule has 0 amide bonds. The Labute approximate surface area is 144 Å². The van der Waals surface area contributed by atoms with Crippen LogP contribution in [0, 0.1) is 0 Å². The fourth-order valence-corrected chi connectivity index (χ4v) is 3.44. The summed E-state index contributed by atoms with van der Waals surface area (Å²) in [7, 11) is 0. The minimum Gasteiger partial charge on any atom is -0.348 e. The van der Waals surface area contributed by atoms with Crippen molar-refractivity contribution in [3.63, 3.8) is 0 Å². The Hall–Kier alpha value is -0.460. The van der Waals surface area contributed by atoms with Crippen molar-refractivity contribution in [3.8, 4) is 0 Å². The monoisotopic (exact) mass is 386 g/mol. The van der Waals surface area contributed by atoms with E-state index in [4.69, 9.17) is 21.1 Å². The van der Waals surface area contributed by atoms with Crippen LogP contribution < -0.4 is 0 Å². The van der Waals surface area contributed by atoms with Gasteiger partial charge in [-0.3, -0.25) is 4.98 Å². The van der Waals surface area contributed by atoms with E-state index in [1.54, 1.807) is 0 Å². The van der Waals surface area contributed by atoms with Gasteiger partial charge in [-0.15, -0.1) is 0 Å². The molecule has 0 bridgehead atoms. The molecule has 3 rings (SSSR count). The van der Waals surface area contributed by atoms with Crippen LogP contribution in [0.4, 0.5) is 0 Å². The van der Waals surface area contributed by atoms with Crippen LogP contribution in [0.15, 0.2) is 18.3 Å². The van der Waals surface area contributed by atoms with Gasteiger partial charge in [0.2, 0.25) is 0 Å². The lowest BCUT2D eigenvalue weighted by Crippen LogP contribution is -2.22. The lowest BCUT2D eigenvalue weighted by Gasteiger charge is -2.20. The van der Waals surface area contributed by atoms with Crippen molar-refractivity contribution in [1.82, 2.24) is 8.91 Å². The summed E-state index contributed by atoms with van der Waals surface area (Å²) in [6.07, 6.45) is 5.85. The minimum atomic E-state index is -0.490. The average Bonchev–Trinajstić information content (AvgIpc) is 2.79. The number of halogens is 2. The first kappa shape index (κ1) is 16.4.